The molecule has 4 aromatic rings. The number of hydrogen-bond donors (Lipinski definition) is 3. The van der Waals surface area contributed by atoms with Crippen LogP contribution in [-0.4, -0.2) is 41.3 Å². The van der Waals surface area contributed by atoms with Crippen LogP contribution in [0, 0.1) is 0 Å². The summed E-state index contributed by atoms with van der Waals surface area (Å²) in [5.74, 6) is -2.52. The van der Waals surface area contributed by atoms with Gasteiger partial charge in [-0.15, -0.1) is 11.3 Å². The first-order valence-corrected chi connectivity index (χ1v) is 13.1. The van der Waals surface area contributed by atoms with Gasteiger partial charge in [0.1, 0.15) is 6.04 Å². The summed E-state index contributed by atoms with van der Waals surface area (Å²) in [5, 5.41) is 15.5. The quantitative estimate of drug-likeness (QED) is 0.245. The Bertz CT molecular complexity index is 1350. The molecule has 1 atom stereocenters. The number of carboxylic acids is 1. The van der Waals surface area contributed by atoms with E-state index in [4.69, 9.17) is 5.11 Å². The SMILES string of the molecule is O=C(O)CCC(=O)C(CNC(=O)c1cc2ccccc2s1)NC(=O)CC(c1ccccc1)c1ccccc1. The minimum atomic E-state index is -1.11. The van der Waals surface area contributed by atoms with Gasteiger partial charge < -0.3 is 15.7 Å². The molecule has 0 aliphatic heterocycles. The fraction of sp³-hybridized carbons (Fsp3) is 0.200. The largest absolute Gasteiger partial charge is 0.481 e. The topological polar surface area (TPSA) is 113 Å². The van der Waals surface area contributed by atoms with E-state index >= 15 is 0 Å². The number of carbonyl (C=O) groups excluding carboxylic acids is 3. The minimum absolute atomic E-state index is 0.0843. The molecule has 0 fully saturated rings. The third-order valence-corrected chi connectivity index (χ3v) is 7.33. The van der Waals surface area contributed by atoms with Gasteiger partial charge >= 0.3 is 5.97 Å². The van der Waals surface area contributed by atoms with Crippen LogP contribution in [0.15, 0.2) is 91.0 Å². The van der Waals surface area contributed by atoms with Gasteiger partial charge in [-0.25, -0.2) is 0 Å². The van der Waals surface area contributed by atoms with Crippen molar-refractivity contribution >= 4 is 45.0 Å². The molecule has 3 N–H and O–H groups in total. The van der Waals surface area contributed by atoms with Gasteiger partial charge in [0.25, 0.3) is 5.91 Å². The summed E-state index contributed by atoms with van der Waals surface area (Å²) >= 11 is 1.34. The third-order valence-electron chi connectivity index (χ3n) is 6.22. The standard InChI is InChI=1S/C30H28N2O5S/c33-25(15-16-29(35)36)24(19-31-30(37)27-17-22-13-7-8-14-26(22)38-27)32-28(34)18-23(20-9-3-1-4-10-20)21-11-5-2-6-12-21/h1-14,17,23-24H,15-16,18-19H2,(H,31,37)(H,32,34)(H,35,36). The molecule has 194 valence electrons. The Balaban J connectivity index is 1.47. The molecule has 0 saturated carbocycles. The fourth-order valence-corrected chi connectivity index (χ4v) is 5.24. The number of carboxylic acid groups (broad SMARTS) is 1. The van der Waals surface area contributed by atoms with E-state index in [0.29, 0.717) is 4.88 Å². The van der Waals surface area contributed by atoms with E-state index in [9.17, 15) is 19.2 Å². The van der Waals surface area contributed by atoms with Crippen molar-refractivity contribution in [3.63, 3.8) is 0 Å². The van der Waals surface area contributed by atoms with Crippen molar-refractivity contribution < 1.29 is 24.3 Å². The molecule has 1 unspecified atom stereocenters. The van der Waals surface area contributed by atoms with Crippen LogP contribution in [0.3, 0.4) is 0 Å². The number of nitrogens with one attached hydrogen (secondary N) is 2. The first kappa shape index (κ1) is 26.8. The van der Waals surface area contributed by atoms with Crippen molar-refractivity contribution in [3.8, 4) is 0 Å². The lowest BCUT2D eigenvalue weighted by molar-refractivity contribution is -0.138. The average molecular weight is 529 g/mol. The summed E-state index contributed by atoms with van der Waals surface area (Å²) in [6, 6.07) is 27.6. The number of amides is 2. The van der Waals surface area contributed by atoms with Gasteiger partial charge in [0.2, 0.25) is 5.91 Å². The Labute approximate surface area is 224 Å². The molecule has 3 aromatic carbocycles. The van der Waals surface area contributed by atoms with E-state index in [1.165, 1.54) is 11.3 Å². The molecule has 0 spiro atoms. The number of fused-ring (bicyclic) bond motifs is 1. The zero-order valence-corrected chi connectivity index (χ0v) is 21.4. The van der Waals surface area contributed by atoms with E-state index in [1.54, 1.807) is 6.07 Å². The van der Waals surface area contributed by atoms with Crippen molar-refractivity contribution in [2.75, 3.05) is 6.54 Å². The highest BCUT2D eigenvalue weighted by atomic mass is 32.1. The van der Waals surface area contributed by atoms with Gasteiger partial charge in [0, 0.05) is 30.0 Å². The van der Waals surface area contributed by atoms with Gasteiger partial charge in [-0.05, 0) is 28.6 Å². The van der Waals surface area contributed by atoms with Crippen LogP contribution in [0.25, 0.3) is 10.1 Å². The molecule has 0 bridgehead atoms. The van der Waals surface area contributed by atoms with E-state index < -0.39 is 17.8 Å². The van der Waals surface area contributed by atoms with Crippen LogP contribution in [0.1, 0.15) is 46.0 Å². The average Bonchev–Trinajstić information content (AvgIpc) is 3.38. The molecule has 1 heterocycles. The highest BCUT2D eigenvalue weighted by Gasteiger charge is 2.25. The molecule has 7 nitrogen and oxygen atoms in total. The van der Waals surface area contributed by atoms with E-state index in [2.05, 4.69) is 10.6 Å². The fourth-order valence-electron chi connectivity index (χ4n) is 4.26. The Morgan fingerprint density at radius 2 is 1.39 bits per heavy atom. The number of benzene rings is 3. The van der Waals surface area contributed by atoms with Crippen molar-refractivity contribution in [1.29, 1.82) is 0 Å². The van der Waals surface area contributed by atoms with Crippen molar-refractivity contribution in [1.82, 2.24) is 10.6 Å². The minimum Gasteiger partial charge on any atom is -0.481 e. The van der Waals surface area contributed by atoms with E-state index in [1.807, 2.05) is 84.9 Å². The number of rotatable bonds is 12. The zero-order valence-electron chi connectivity index (χ0n) is 20.6. The Morgan fingerprint density at radius 1 is 0.789 bits per heavy atom. The van der Waals surface area contributed by atoms with Gasteiger partial charge in [-0.2, -0.15) is 0 Å². The predicted octanol–water partition coefficient (Wildman–Crippen LogP) is 4.77. The van der Waals surface area contributed by atoms with Crippen LogP contribution in [0.2, 0.25) is 0 Å². The third kappa shape index (κ3) is 7.14. The predicted molar refractivity (Wildman–Crippen MR) is 147 cm³/mol. The molecule has 0 aliphatic carbocycles. The summed E-state index contributed by atoms with van der Waals surface area (Å²) in [7, 11) is 0. The lowest BCUT2D eigenvalue weighted by atomic mass is 9.88. The molecular formula is C30H28N2O5S. The Hall–Kier alpha value is -4.30. The summed E-state index contributed by atoms with van der Waals surface area (Å²) in [6.07, 6.45) is -0.521. The molecule has 38 heavy (non-hydrogen) atoms. The molecule has 1 aromatic heterocycles. The summed E-state index contributed by atoms with van der Waals surface area (Å²) < 4.78 is 0.966. The van der Waals surface area contributed by atoms with Crippen LogP contribution in [0.5, 0.6) is 0 Å². The maximum Gasteiger partial charge on any atom is 0.303 e. The molecule has 0 saturated heterocycles. The van der Waals surface area contributed by atoms with Gasteiger partial charge in [-0.3, -0.25) is 19.2 Å². The number of carbonyl (C=O) groups is 4. The number of Topliss-reactive ketones (excluding diaryl/α,β-unsaturated/α-hetero) is 1. The lowest BCUT2D eigenvalue weighted by Crippen LogP contribution is -2.48. The van der Waals surface area contributed by atoms with Crippen molar-refractivity contribution in [3.05, 3.63) is 107 Å². The second kappa shape index (κ2) is 12.8. The number of hydrogen-bond acceptors (Lipinski definition) is 5. The van der Waals surface area contributed by atoms with Crippen LogP contribution < -0.4 is 10.6 Å². The van der Waals surface area contributed by atoms with Crippen LogP contribution >= 0.6 is 11.3 Å². The number of aliphatic carboxylic acids is 1. The maximum atomic E-state index is 13.2. The van der Waals surface area contributed by atoms with E-state index in [-0.39, 0.29) is 43.5 Å². The van der Waals surface area contributed by atoms with Crippen molar-refractivity contribution in [2.45, 2.75) is 31.2 Å². The molecule has 0 radical (unpaired) electrons. The summed E-state index contributed by atoms with van der Waals surface area (Å²) in [4.78, 5) is 50.4. The molecule has 4 rings (SSSR count). The summed E-state index contributed by atoms with van der Waals surface area (Å²) in [5.41, 5.74) is 1.92. The smallest absolute Gasteiger partial charge is 0.303 e. The normalized spacial score (nSPS) is 11.7. The number of thiophene rings is 1. The Morgan fingerprint density at radius 3 is 2.00 bits per heavy atom. The molecule has 0 aliphatic rings. The Kier molecular flexibility index (Phi) is 9.00. The van der Waals surface area contributed by atoms with Crippen LogP contribution in [0.4, 0.5) is 0 Å². The summed E-state index contributed by atoms with van der Waals surface area (Å²) in [6.45, 7) is -0.140. The molecule has 8 heteroatoms. The highest BCUT2D eigenvalue weighted by Crippen LogP contribution is 2.28. The maximum absolute atomic E-state index is 13.2. The monoisotopic (exact) mass is 528 g/mol. The van der Waals surface area contributed by atoms with Gasteiger partial charge in [0.15, 0.2) is 5.78 Å². The molecular weight excluding hydrogens is 500 g/mol. The first-order valence-electron chi connectivity index (χ1n) is 12.3. The second-order valence-electron chi connectivity index (χ2n) is 8.92. The molecule has 2 amide bonds. The van der Waals surface area contributed by atoms with Gasteiger partial charge in [-0.1, -0.05) is 78.9 Å². The van der Waals surface area contributed by atoms with Crippen molar-refractivity contribution in [2.24, 2.45) is 0 Å². The number of ketones is 1. The lowest BCUT2D eigenvalue weighted by Gasteiger charge is -2.21. The van der Waals surface area contributed by atoms with Crippen LogP contribution in [-0.2, 0) is 14.4 Å². The first-order chi connectivity index (χ1) is 18.4. The van der Waals surface area contributed by atoms with E-state index in [0.717, 1.165) is 21.2 Å². The highest BCUT2D eigenvalue weighted by molar-refractivity contribution is 7.20. The van der Waals surface area contributed by atoms with Gasteiger partial charge in [0.05, 0.1) is 11.3 Å². The zero-order chi connectivity index (χ0) is 26.9. The second-order valence-corrected chi connectivity index (χ2v) is 10.0.